The molecule has 1 unspecified atom stereocenters. The number of hydrogen-bond donors (Lipinski definition) is 0. The van der Waals surface area contributed by atoms with Gasteiger partial charge in [0, 0.05) is 32.2 Å². The van der Waals surface area contributed by atoms with Gasteiger partial charge >= 0.3 is 0 Å². The van der Waals surface area contributed by atoms with Crippen LogP contribution in [0.4, 0.5) is 8.78 Å². The van der Waals surface area contributed by atoms with Crippen molar-refractivity contribution in [1.82, 2.24) is 9.80 Å². The summed E-state index contributed by atoms with van der Waals surface area (Å²) in [5.74, 6) is -2.34. The maximum atomic E-state index is 13.8. The van der Waals surface area contributed by atoms with Crippen molar-refractivity contribution >= 4 is 11.8 Å². The molecule has 3 rings (SSSR count). The molecule has 0 aliphatic carbocycles. The predicted molar refractivity (Wildman–Crippen MR) is 82.4 cm³/mol. The lowest BCUT2D eigenvalue weighted by Crippen LogP contribution is -2.49. The lowest BCUT2D eigenvalue weighted by molar-refractivity contribution is -0.141. The van der Waals surface area contributed by atoms with Crippen LogP contribution in [0.2, 0.25) is 0 Å². The summed E-state index contributed by atoms with van der Waals surface area (Å²) in [4.78, 5) is 28.3. The highest BCUT2D eigenvalue weighted by molar-refractivity contribution is 5.95. The number of benzene rings is 1. The summed E-state index contributed by atoms with van der Waals surface area (Å²) < 4.78 is 32.1. The molecule has 2 aliphatic rings. The fourth-order valence-electron chi connectivity index (χ4n) is 3.24. The van der Waals surface area contributed by atoms with E-state index in [-0.39, 0.29) is 23.9 Å². The van der Waals surface area contributed by atoms with E-state index in [0.29, 0.717) is 51.8 Å². The third kappa shape index (κ3) is 3.56. The number of amides is 2. The van der Waals surface area contributed by atoms with Crippen molar-refractivity contribution in [1.29, 1.82) is 0 Å². The zero-order valence-electron chi connectivity index (χ0n) is 13.3. The highest BCUT2D eigenvalue weighted by Gasteiger charge is 2.32. The first-order valence-corrected chi connectivity index (χ1v) is 8.17. The molecule has 2 fully saturated rings. The number of likely N-dealkylation sites (tertiary alicyclic amines) is 1. The van der Waals surface area contributed by atoms with Crippen LogP contribution in [0.5, 0.6) is 0 Å². The van der Waals surface area contributed by atoms with Crippen molar-refractivity contribution in [2.45, 2.75) is 12.8 Å². The lowest BCUT2D eigenvalue weighted by atomic mass is 9.95. The Morgan fingerprint density at radius 2 is 1.83 bits per heavy atom. The number of piperidine rings is 1. The second-order valence-electron chi connectivity index (χ2n) is 6.15. The first kappa shape index (κ1) is 16.8. The Morgan fingerprint density at radius 1 is 1.08 bits per heavy atom. The quantitative estimate of drug-likeness (QED) is 0.824. The Bertz CT molecular complexity index is 632. The van der Waals surface area contributed by atoms with Crippen LogP contribution in [-0.2, 0) is 9.53 Å². The Labute approximate surface area is 139 Å². The minimum Gasteiger partial charge on any atom is -0.378 e. The van der Waals surface area contributed by atoms with E-state index < -0.39 is 17.5 Å². The van der Waals surface area contributed by atoms with Gasteiger partial charge in [-0.15, -0.1) is 0 Å². The summed E-state index contributed by atoms with van der Waals surface area (Å²) in [6.07, 6.45) is 1.40. The van der Waals surface area contributed by atoms with Crippen molar-refractivity contribution in [2.75, 3.05) is 39.4 Å². The largest absolute Gasteiger partial charge is 0.378 e. The number of carbonyl (C=O) groups excluding carboxylic acids is 2. The molecule has 0 saturated carbocycles. The Kier molecular flexibility index (Phi) is 5.08. The van der Waals surface area contributed by atoms with E-state index in [0.717, 1.165) is 12.1 Å². The van der Waals surface area contributed by atoms with E-state index in [1.165, 1.54) is 4.90 Å². The molecule has 0 aromatic heterocycles. The summed E-state index contributed by atoms with van der Waals surface area (Å²) in [6.45, 7) is 2.93. The summed E-state index contributed by atoms with van der Waals surface area (Å²) in [5, 5.41) is 0. The predicted octanol–water partition coefficient (Wildman–Crippen LogP) is 1.68. The zero-order chi connectivity index (χ0) is 17.1. The molecule has 24 heavy (non-hydrogen) atoms. The number of hydrogen-bond acceptors (Lipinski definition) is 3. The molecule has 1 aromatic carbocycles. The van der Waals surface area contributed by atoms with Crippen LogP contribution in [0.1, 0.15) is 23.2 Å². The highest BCUT2D eigenvalue weighted by Crippen LogP contribution is 2.22. The average molecular weight is 338 g/mol. The summed E-state index contributed by atoms with van der Waals surface area (Å²) in [7, 11) is 0. The van der Waals surface area contributed by atoms with Gasteiger partial charge in [0.2, 0.25) is 5.91 Å². The minimum absolute atomic E-state index is 0.0235. The molecular weight excluding hydrogens is 318 g/mol. The van der Waals surface area contributed by atoms with Crippen molar-refractivity contribution in [3.05, 3.63) is 35.4 Å². The Hall–Kier alpha value is -2.02. The maximum absolute atomic E-state index is 13.8. The van der Waals surface area contributed by atoms with Crippen molar-refractivity contribution in [3.8, 4) is 0 Å². The lowest BCUT2D eigenvalue weighted by Gasteiger charge is -2.36. The van der Waals surface area contributed by atoms with Gasteiger partial charge in [-0.05, 0) is 25.0 Å². The molecule has 1 aromatic rings. The molecule has 0 N–H and O–H groups in total. The van der Waals surface area contributed by atoms with Crippen molar-refractivity contribution in [2.24, 2.45) is 5.92 Å². The molecule has 2 amide bonds. The molecule has 1 atom stereocenters. The van der Waals surface area contributed by atoms with Crippen molar-refractivity contribution < 1.29 is 23.1 Å². The van der Waals surface area contributed by atoms with E-state index in [1.807, 2.05) is 0 Å². The molecule has 0 spiro atoms. The van der Waals surface area contributed by atoms with E-state index in [4.69, 9.17) is 4.74 Å². The number of morpholine rings is 1. The second kappa shape index (κ2) is 7.25. The summed E-state index contributed by atoms with van der Waals surface area (Å²) >= 11 is 0. The molecule has 0 bridgehead atoms. The van der Waals surface area contributed by atoms with Crippen LogP contribution in [0.25, 0.3) is 0 Å². The SMILES string of the molecule is O=C(c1ccc(F)cc1F)N1CCCC(C(=O)N2CCOCC2)C1. The normalized spacial score (nSPS) is 21.7. The monoisotopic (exact) mass is 338 g/mol. The van der Waals surface area contributed by atoms with E-state index in [1.54, 1.807) is 4.90 Å². The zero-order valence-corrected chi connectivity index (χ0v) is 13.3. The Balaban J connectivity index is 1.68. The minimum atomic E-state index is -0.873. The highest BCUT2D eigenvalue weighted by atomic mass is 19.1. The first-order valence-electron chi connectivity index (χ1n) is 8.17. The van der Waals surface area contributed by atoms with Gasteiger partial charge in [0.1, 0.15) is 11.6 Å². The molecule has 7 heteroatoms. The van der Waals surface area contributed by atoms with Crippen LogP contribution >= 0.6 is 0 Å². The molecular formula is C17H20F2N2O3. The van der Waals surface area contributed by atoms with Crippen LogP contribution in [0, 0.1) is 17.6 Å². The van der Waals surface area contributed by atoms with Gasteiger partial charge in [0.15, 0.2) is 0 Å². The van der Waals surface area contributed by atoms with Gasteiger partial charge in [-0.25, -0.2) is 8.78 Å². The average Bonchev–Trinajstić information content (AvgIpc) is 2.61. The van der Waals surface area contributed by atoms with E-state index >= 15 is 0 Å². The van der Waals surface area contributed by atoms with Crippen LogP contribution in [0.15, 0.2) is 18.2 Å². The molecule has 130 valence electrons. The third-order valence-corrected chi connectivity index (χ3v) is 4.54. The topological polar surface area (TPSA) is 49.9 Å². The van der Waals surface area contributed by atoms with Gasteiger partial charge in [0.25, 0.3) is 5.91 Å². The van der Waals surface area contributed by atoms with Crippen LogP contribution < -0.4 is 0 Å². The van der Waals surface area contributed by atoms with Gasteiger partial charge in [-0.3, -0.25) is 9.59 Å². The van der Waals surface area contributed by atoms with Crippen molar-refractivity contribution in [3.63, 3.8) is 0 Å². The van der Waals surface area contributed by atoms with E-state index in [9.17, 15) is 18.4 Å². The standard InChI is InChI=1S/C17H20F2N2O3/c18-13-3-4-14(15(19)10-13)17(23)21-5-1-2-12(11-21)16(22)20-6-8-24-9-7-20/h3-4,10,12H,1-2,5-9,11H2. The van der Waals surface area contributed by atoms with Crippen LogP contribution in [0.3, 0.4) is 0 Å². The van der Waals surface area contributed by atoms with Gasteiger partial charge < -0.3 is 14.5 Å². The Morgan fingerprint density at radius 3 is 2.54 bits per heavy atom. The summed E-state index contributed by atoms with van der Waals surface area (Å²) in [6, 6.07) is 2.92. The van der Waals surface area contributed by atoms with Gasteiger partial charge in [-0.2, -0.15) is 0 Å². The molecule has 2 heterocycles. The molecule has 5 nitrogen and oxygen atoms in total. The fraction of sp³-hybridized carbons (Fsp3) is 0.529. The fourth-order valence-corrected chi connectivity index (χ4v) is 3.24. The first-order chi connectivity index (χ1) is 11.6. The van der Waals surface area contributed by atoms with Gasteiger partial charge in [0.05, 0.1) is 24.7 Å². The number of rotatable bonds is 2. The van der Waals surface area contributed by atoms with Gasteiger partial charge in [-0.1, -0.05) is 0 Å². The molecule has 2 saturated heterocycles. The number of nitrogens with zero attached hydrogens (tertiary/aromatic N) is 2. The van der Waals surface area contributed by atoms with E-state index in [2.05, 4.69) is 0 Å². The smallest absolute Gasteiger partial charge is 0.256 e. The third-order valence-electron chi connectivity index (χ3n) is 4.54. The molecule has 0 radical (unpaired) electrons. The molecule has 2 aliphatic heterocycles. The number of ether oxygens (including phenoxy) is 1. The number of halogens is 2. The number of carbonyl (C=O) groups is 2. The van der Waals surface area contributed by atoms with Crippen LogP contribution in [-0.4, -0.2) is 61.0 Å². The summed E-state index contributed by atoms with van der Waals surface area (Å²) in [5.41, 5.74) is -0.157. The maximum Gasteiger partial charge on any atom is 0.256 e. The second-order valence-corrected chi connectivity index (χ2v) is 6.15.